The van der Waals surface area contributed by atoms with Crippen LogP contribution in [0.1, 0.15) is 42.1 Å². The van der Waals surface area contributed by atoms with Crippen molar-refractivity contribution in [3.05, 3.63) is 77.0 Å². The second-order valence-corrected chi connectivity index (χ2v) is 11.7. The van der Waals surface area contributed by atoms with Crippen molar-refractivity contribution in [1.29, 1.82) is 0 Å². The fraction of sp³-hybridized carbons (Fsp3) is 0.414. The van der Waals surface area contributed by atoms with Gasteiger partial charge in [-0.25, -0.2) is 0 Å². The summed E-state index contributed by atoms with van der Waals surface area (Å²) in [5.41, 5.74) is 4.61. The van der Waals surface area contributed by atoms with Crippen LogP contribution in [-0.2, 0) is 11.6 Å². The summed E-state index contributed by atoms with van der Waals surface area (Å²) in [6.07, 6.45) is -2.16. The number of aryl methyl sites for hydroxylation is 1. The molecule has 0 radical (unpaired) electrons. The van der Waals surface area contributed by atoms with Gasteiger partial charge in [0.2, 0.25) is 0 Å². The van der Waals surface area contributed by atoms with E-state index in [1.807, 2.05) is 25.1 Å². The molecule has 1 unspecified atom stereocenters. The Bertz CT molecular complexity index is 1400. The predicted octanol–water partition coefficient (Wildman–Crippen LogP) is 6.71. The van der Waals surface area contributed by atoms with Crippen LogP contribution in [0.25, 0.3) is 10.9 Å². The molecule has 0 N–H and O–H groups in total. The summed E-state index contributed by atoms with van der Waals surface area (Å²) >= 11 is 1.78. The molecule has 0 amide bonds. The van der Waals surface area contributed by atoms with Crippen LogP contribution in [0.3, 0.4) is 0 Å². The summed E-state index contributed by atoms with van der Waals surface area (Å²) in [5, 5.41) is 11.2. The lowest BCUT2D eigenvalue weighted by Gasteiger charge is -2.21. The molecule has 2 fully saturated rings. The minimum absolute atomic E-state index is 0.0515. The van der Waals surface area contributed by atoms with E-state index in [1.54, 1.807) is 23.9 Å². The number of hydrogen-bond donors (Lipinski definition) is 0. The van der Waals surface area contributed by atoms with Crippen molar-refractivity contribution in [2.24, 2.45) is 22.0 Å². The zero-order valence-corrected chi connectivity index (χ0v) is 21.7. The normalized spacial score (nSPS) is 25.3. The van der Waals surface area contributed by atoms with Gasteiger partial charge in [0.05, 0.1) is 22.7 Å². The summed E-state index contributed by atoms with van der Waals surface area (Å²) in [6.45, 7) is 7.13. The number of likely N-dealkylation sites (tertiary alicyclic amines) is 1. The molecule has 1 saturated carbocycles. The number of fused-ring (bicyclic) bond motifs is 2. The molecule has 0 bridgehead atoms. The third-order valence-electron chi connectivity index (χ3n) is 8.06. The SMILES string of the molecule is Cc1ccc2c(C3=NN=C(SCCCN4C[C@@H]5C[C@]5(c5ccc(C(F)(F)F)cc5)C4)C3C)cccc2n1. The Hall–Kier alpha value is -2.71. The predicted molar refractivity (Wildman–Crippen MR) is 144 cm³/mol. The van der Waals surface area contributed by atoms with E-state index in [2.05, 4.69) is 39.1 Å². The largest absolute Gasteiger partial charge is 0.416 e. The Morgan fingerprint density at radius 2 is 1.86 bits per heavy atom. The maximum Gasteiger partial charge on any atom is 0.416 e. The lowest BCUT2D eigenvalue weighted by molar-refractivity contribution is -0.137. The zero-order chi connectivity index (χ0) is 25.8. The van der Waals surface area contributed by atoms with Crippen LogP contribution in [0.15, 0.2) is 64.8 Å². The molecule has 8 heteroatoms. The van der Waals surface area contributed by atoms with Gasteiger partial charge in [-0.05, 0) is 62.1 Å². The van der Waals surface area contributed by atoms with Gasteiger partial charge in [0.15, 0.2) is 0 Å². The van der Waals surface area contributed by atoms with Gasteiger partial charge in [0, 0.05) is 40.9 Å². The van der Waals surface area contributed by atoms with Crippen LogP contribution in [0.5, 0.6) is 0 Å². The van der Waals surface area contributed by atoms with E-state index in [-0.39, 0.29) is 11.3 Å². The molecule has 37 heavy (non-hydrogen) atoms. The molecule has 192 valence electrons. The molecule has 4 nitrogen and oxygen atoms in total. The van der Waals surface area contributed by atoms with Gasteiger partial charge >= 0.3 is 6.18 Å². The van der Waals surface area contributed by atoms with Crippen LogP contribution < -0.4 is 0 Å². The summed E-state index contributed by atoms with van der Waals surface area (Å²) in [4.78, 5) is 7.12. The quantitative estimate of drug-likeness (QED) is 0.338. The molecule has 3 aromatic rings. The number of rotatable bonds is 6. The first kappa shape index (κ1) is 24.6. The van der Waals surface area contributed by atoms with Crippen molar-refractivity contribution in [3.8, 4) is 0 Å². The van der Waals surface area contributed by atoms with E-state index in [9.17, 15) is 13.2 Å². The number of benzene rings is 2. The first-order chi connectivity index (χ1) is 17.7. The number of hydrogen-bond acceptors (Lipinski definition) is 5. The standard InChI is InChI=1S/C29H29F3N4S/c1-18-7-12-23-24(5-3-6-25(23)33-18)26-19(2)27(35-34-26)37-14-4-13-36-16-22-15-28(22,17-36)20-8-10-21(11-9-20)29(30,31)32/h3,5-12,19,22H,4,13-17H2,1-2H3/t19?,22-,28+/m0/s1. The molecule has 6 rings (SSSR count). The fourth-order valence-corrected chi connectivity index (χ4v) is 6.92. The van der Waals surface area contributed by atoms with Crippen LogP contribution in [0.4, 0.5) is 13.2 Å². The van der Waals surface area contributed by atoms with Gasteiger partial charge in [-0.15, -0.1) is 16.9 Å². The Kier molecular flexibility index (Phi) is 6.15. The third kappa shape index (κ3) is 4.59. The first-order valence-electron chi connectivity index (χ1n) is 12.8. The number of thioether (sulfide) groups is 1. The van der Waals surface area contributed by atoms with Crippen LogP contribution in [0.2, 0.25) is 0 Å². The smallest absolute Gasteiger partial charge is 0.302 e. The van der Waals surface area contributed by atoms with E-state index in [1.165, 1.54) is 12.1 Å². The lowest BCUT2D eigenvalue weighted by atomic mass is 9.94. The summed E-state index contributed by atoms with van der Waals surface area (Å²) in [6, 6.07) is 16.2. The lowest BCUT2D eigenvalue weighted by Crippen LogP contribution is -2.28. The Labute approximate surface area is 219 Å². The molecule has 1 aromatic heterocycles. The highest BCUT2D eigenvalue weighted by molar-refractivity contribution is 8.14. The third-order valence-corrected chi connectivity index (χ3v) is 9.28. The maximum atomic E-state index is 12.9. The van der Waals surface area contributed by atoms with E-state index in [0.717, 1.165) is 76.7 Å². The number of alkyl halides is 3. The monoisotopic (exact) mass is 522 g/mol. The molecule has 1 saturated heterocycles. The zero-order valence-electron chi connectivity index (χ0n) is 20.9. The summed E-state index contributed by atoms with van der Waals surface area (Å²) in [7, 11) is 0. The molecule has 2 aliphatic heterocycles. The minimum Gasteiger partial charge on any atom is -0.302 e. The average molecular weight is 523 g/mol. The van der Waals surface area contributed by atoms with Crippen molar-refractivity contribution in [2.75, 3.05) is 25.4 Å². The first-order valence-corrected chi connectivity index (χ1v) is 13.8. The van der Waals surface area contributed by atoms with Gasteiger partial charge in [0.1, 0.15) is 5.04 Å². The summed E-state index contributed by atoms with van der Waals surface area (Å²) < 4.78 is 38.8. The van der Waals surface area contributed by atoms with Gasteiger partial charge in [0.25, 0.3) is 0 Å². The van der Waals surface area contributed by atoms with Crippen molar-refractivity contribution >= 4 is 33.4 Å². The molecular formula is C29H29F3N4S. The van der Waals surface area contributed by atoms with Crippen LogP contribution in [0, 0.1) is 18.8 Å². The van der Waals surface area contributed by atoms with Gasteiger partial charge in [-0.1, -0.05) is 37.3 Å². The number of aromatic nitrogens is 1. The molecular weight excluding hydrogens is 493 g/mol. The Morgan fingerprint density at radius 1 is 1.05 bits per heavy atom. The molecule has 3 heterocycles. The Morgan fingerprint density at radius 3 is 2.65 bits per heavy atom. The van der Waals surface area contributed by atoms with Crippen LogP contribution >= 0.6 is 11.8 Å². The maximum absolute atomic E-state index is 12.9. The van der Waals surface area contributed by atoms with Crippen LogP contribution in [-0.4, -0.2) is 46.0 Å². The summed E-state index contributed by atoms with van der Waals surface area (Å²) in [5.74, 6) is 1.68. The highest BCUT2D eigenvalue weighted by atomic mass is 32.2. The van der Waals surface area contributed by atoms with Crippen molar-refractivity contribution in [2.45, 2.75) is 38.3 Å². The van der Waals surface area contributed by atoms with Gasteiger partial charge in [-0.2, -0.15) is 18.3 Å². The fourth-order valence-electron chi connectivity index (χ4n) is 5.97. The van der Waals surface area contributed by atoms with Gasteiger partial charge < -0.3 is 4.90 Å². The van der Waals surface area contributed by atoms with E-state index < -0.39 is 11.7 Å². The number of pyridine rings is 1. The number of halogens is 3. The number of piperidine rings is 1. The second-order valence-electron chi connectivity index (χ2n) is 10.5. The highest BCUT2D eigenvalue weighted by Crippen LogP contribution is 2.59. The van der Waals surface area contributed by atoms with E-state index in [4.69, 9.17) is 0 Å². The highest BCUT2D eigenvalue weighted by Gasteiger charge is 2.60. The van der Waals surface area contributed by atoms with E-state index >= 15 is 0 Å². The average Bonchev–Trinajstić information content (AvgIpc) is 3.25. The number of nitrogens with zero attached hydrogens (tertiary/aromatic N) is 4. The molecule has 3 aliphatic rings. The second kappa shape index (κ2) is 9.24. The topological polar surface area (TPSA) is 40.9 Å². The molecule has 3 atom stereocenters. The molecule has 0 spiro atoms. The van der Waals surface area contributed by atoms with Gasteiger partial charge in [-0.3, -0.25) is 4.98 Å². The Balaban J connectivity index is 1.00. The van der Waals surface area contributed by atoms with Crippen molar-refractivity contribution in [3.63, 3.8) is 0 Å². The van der Waals surface area contributed by atoms with Crippen molar-refractivity contribution < 1.29 is 13.2 Å². The molecule has 1 aliphatic carbocycles. The van der Waals surface area contributed by atoms with Crippen molar-refractivity contribution in [1.82, 2.24) is 9.88 Å². The minimum atomic E-state index is -4.28. The van der Waals surface area contributed by atoms with E-state index in [0.29, 0.717) is 5.92 Å². The molecule has 2 aromatic carbocycles.